The van der Waals surface area contributed by atoms with Crippen LogP contribution in [-0.2, 0) is 10.2 Å². The van der Waals surface area contributed by atoms with Crippen LogP contribution in [0.4, 0.5) is 5.69 Å². The molecule has 2 aromatic carbocycles. The molecule has 0 unspecified atom stereocenters. The zero-order chi connectivity index (χ0) is 20.0. The van der Waals surface area contributed by atoms with Gasteiger partial charge in [-0.2, -0.15) is 5.10 Å². The Kier molecular flexibility index (Phi) is 6.50. The molecule has 27 heavy (non-hydrogen) atoms. The highest BCUT2D eigenvalue weighted by Gasteiger charge is 2.14. The molecule has 0 aliphatic rings. The molecular weight excluding hydrogens is 338 g/mol. The summed E-state index contributed by atoms with van der Waals surface area (Å²) in [5.74, 6) is -0.474. The van der Waals surface area contributed by atoms with Crippen LogP contribution in [-0.4, -0.2) is 17.5 Å². The lowest BCUT2D eigenvalue weighted by Gasteiger charge is -2.18. The second-order valence-electron chi connectivity index (χ2n) is 7.71. The number of rotatable bonds is 5. The zero-order valence-electron chi connectivity index (χ0n) is 16.6. The van der Waals surface area contributed by atoms with Gasteiger partial charge in [0.25, 0.3) is 5.91 Å². The number of benzene rings is 2. The van der Waals surface area contributed by atoms with Crippen molar-refractivity contribution < 1.29 is 9.59 Å². The van der Waals surface area contributed by atoms with Crippen molar-refractivity contribution >= 4 is 23.2 Å². The number of amides is 2. The molecular formula is C22H27N3O2. The fraction of sp³-hybridized carbons (Fsp3) is 0.318. The Bertz CT molecular complexity index is 829. The van der Waals surface area contributed by atoms with Gasteiger partial charge in [0.05, 0.1) is 6.42 Å². The Balaban J connectivity index is 1.89. The van der Waals surface area contributed by atoms with Gasteiger partial charge in [0.1, 0.15) is 0 Å². The fourth-order valence-corrected chi connectivity index (χ4v) is 2.45. The van der Waals surface area contributed by atoms with Gasteiger partial charge in [0.2, 0.25) is 5.91 Å². The summed E-state index contributed by atoms with van der Waals surface area (Å²) in [5, 5.41) is 6.83. The van der Waals surface area contributed by atoms with Crippen LogP contribution in [0.3, 0.4) is 0 Å². The molecule has 0 atom stereocenters. The average molecular weight is 365 g/mol. The van der Waals surface area contributed by atoms with Crippen LogP contribution < -0.4 is 10.7 Å². The molecule has 0 aliphatic heterocycles. The molecule has 0 saturated carbocycles. The van der Waals surface area contributed by atoms with Gasteiger partial charge in [-0.3, -0.25) is 9.59 Å². The number of hydrogen-bond acceptors (Lipinski definition) is 3. The molecule has 0 saturated heterocycles. The zero-order valence-corrected chi connectivity index (χ0v) is 16.6. The predicted octanol–water partition coefficient (Wildman–Crippen LogP) is 4.43. The molecule has 0 fully saturated rings. The number of carbonyl (C=O) groups excluding carboxylic acids is 2. The number of nitrogens with one attached hydrogen (secondary N) is 2. The summed E-state index contributed by atoms with van der Waals surface area (Å²) in [7, 11) is 0. The van der Waals surface area contributed by atoms with Crippen LogP contribution in [0.5, 0.6) is 0 Å². The molecule has 0 aliphatic carbocycles. The Morgan fingerprint density at radius 1 is 0.963 bits per heavy atom. The Labute approximate surface area is 160 Å². The van der Waals surface area contributed by atoms with Gasteiger partial charge in [0, 0.05) is 17.0 Å². The van der Waals surface area contributed by atoms with Crippen LogP contribution in [0.25, 0.3) is 0 Å². The SMILES string of the molecule is C/C(CC(=O)Nc1ccc(C)cc1)=N\NC(=O)c1ccc(C(C)(C)C)cc1. The van der Waals surface area contributed by atoms with Crippen molar-refractivity contribution in [3.05, 3.63) is 65.2 Å². The average Bonchev–Trinajstić information content (AvgIpc) is 2.61. The van der Waals surface area contributed by atoms with E-state index in [0.29, 0.717) is 11.3 Å². The third kappa shape index (κ3) is 6.37. The number of anilines is 1. The quantitative estimate of drug-likeness (QED) is 0.608. The molecule has 142 valence electrons. The van der Waals surface area contributed by atoms with Gasteiger partial charge in [-0.15, -0.1) is 0 Å². The molecule has 0 heterocycles. The highest BCUT2D eigenvalue weighted by molar-refractivity contribution is 6.06. The molecule has 2 N–H and O–H groups in total. The summed E-state index contributed by atoms with van der Waals surface area (Å²) in [4.78, 5) is 24.2. The van der Waals surface area contributed by atoms with E-state index < -0.39 is 0 Å². The number of nitrogens with zero attached hydrogens (tertiary/aromatic N) is 1. The lowest BCUT2D eigenvalue weighted by Crippen LogP contribution is -2.21. The highest BCUT2D eigenvalue weighted by Crippen LogP contribution is 2.22. The summed E-state index contributed by atoms with van der Waals surface area (Å²) in [6.07, 6.45) is 0.108. The molecule has 0 spiro atoms. The minimum atomic E-state index is -0.297. The van der Waals surface area contributed by atoms with E-state index in [1.165, 1.54) is 0 Å². The van der Waals surface area contributed by atoms with Gasteiger partial charge in [0.15, 0.2) is 0 Å². The lowest BCUT2D eigenvalue weighted by atomic mass is 9.87. The van der Waals surface area contributed by atoms with Crippen molar-refractivity contribution in [3.63, 3.8) is 0 Å². The Hall–Kier alpha value is -2.95. The van der Waals surface area contributed by atoms with Crippen LogP contribution >= 0.6 is 0 Å². The Morgan fingerprint density at radius 2 is 1.56 bits per heavy atom. The molecule has 0 aromatic heterocycles. The van der Waals surface area contributed by atoms with Crippen LogP contribution in [0.15, 0.2) is 53.6 Å². The van der Waals surface area contributed by atoms with Gasteiger partial charge in [-0.1, -0.05) is 50.6 Å². The normalized spacial score (nSPS) is 11.8. The van der Waals surface area contributed by atoms with Crippen LogP contribution in [0, 0.1) is 6.92 Å². The topological polar surface area (TPSA) is 70.6 Å². The number of hydrogen-bond donors (Lipinski definition) is 2. The third-order valence-corrected chi connectivity index (χ3v) is 4.11. The minimum absolute atomic E-state index is 0.0363. The first kappa shape index (κ1) is 20.4. The number of aryl methyl sites for hydroxylation is 1. The first-order valence-electron chi connectivity index (χ1n) is 8.96. The smallest absolute Gasteiger partial charge is 0.271 e. The summed E-state index contributed by atoms with van der Waals surface area (Å²) in [5.41, 5.74) is 6.62. The molecule has 2 rings (SSSR count). The standard InChI is InChI=1S/C22H27N3O2/c1-15-6-12-19(13-7-15)23-20(26)14-16(2)24-25-21(27)17-8-10-18(11-9-17)22(3,4)5/h6-13H,14H2,1-5H3,(H,23,26)(H,25,27)/b24-16+. The van der Waals surface area contributed by atoms with E-state index in [0.717, 1.165) is 16.8 Å². The van der Waals surface area contributed by atoms with Crippen molar-refractivity contribution in [1.82, 2.24) is 5.43 Å². The summed E-state index contributed by atoms with van der Waals surface area (Å²) in [6.45, 7) is 10.1. The van der Waals surface area contributed by atoms with Gasteiger partial charge >= 0.3 is 0 Å². The van der Waals surface area contributed by atoms with E-state index in [9.17, 15) is 9.59 Å². The van der Waals surface area contributed by atoms with Crippen LogP contribution in [0.1, 0.15) is 55.6 Å². The second-order valence-corrected chi connectivity index (χ2v) is 7.71. The van der Waals surface area contributed by atoms with Gasteiger partial charge in [-0.25, -0.2) is 5.43 Å². The van der Waals surface area contributed by atoms with E-state index in [4.69, 9.17) is 0 Å². The monoisotopic (exact) mass is 365 g/mol. The molecule has 0 radical (unpaired) electrons. The van der Waals surface area contributed by atoms with E-state index in [-0.39, 0.29) is 23.7 Å². The summed E-state index contributed by atoms with van der Waals surface area (Å²) >= 11 is 0. The first-order chi connectivity index (χ1) is 12.6. The van der Waals surface area contributed by atoms with E-state index in [1.807, 2.05) is 43.3 Å². The number of hydrazone groups is 1. The molecule has 0 bridgehead atoms. The maximum Gasteiger partial charge on any atom is 0.271 e. The maximum absolute atomic E-state index is 12.2. The largest absolute Gasteiger partial charge is 0.326 e. The second kappa shape index (κ2) is 8.62. The molecule has 5 heteroatoms. The van der Waals surface area contributed by atoms with Crippen molar-refractivity contribution in [2.24, 2.45) is 5.10 Å². The van der Waals surface area contributed by atoms with Crippen molar-refractivity contribution in [2.45, 2.75) is 46.5 Å². The van der Waals surface area contributed by atoms with Crippen LogP contribution in [0.2, 0.25) is 0 Å². The van der Waals surface area contributed by atoms with Crippen molar-refractivity contribution in [2.75, 3.05) is 5.32 Å². The first-order valence-corrected chi connectivity index (χ1v) is 8.96. The molecule has 2 amide bonds. The highest BCUT2D eigenvalue weighted by atomic mass is 16.2. The predicted molar refractivity (Wildman–Crippen MR) is 110 cm³/mol. The molecule has 5 nitrogen and oxygen atoms in total. The maximum atomic E-state index is 12.2. The third-order valence-electron chi connectivity index (χ3n) is 4.11. The van der Waals surface area contributed by atoms with Gasteiger partial charge in [-0.05, 0) is 49.1 Å². The van der Waals surface area contributed by atoms with Crippen molar-refractivity contribution in [3.8, 4) is 0 Å². The fourth-order valence-electron chi connectivity index (χ4n) is 2.45. The molecule has 2 aromatic rings. The van der Waals surface area contributed by atoms with Gasteiger partial charge < -0.3 is 5.32 Å². The van der Waals surface area contributed by atoms with Crippen molar-refractivity contribution in [1.29, 1.82) is 0 Å². The summed E-state index contributed by atoms with van der Waals surface area (Å²) < 4.78 is 0. The summed E-state index contributed by atoms with van der Waals surface area (Å²) in [6, 6.07) is 15.0. The van der Waals surface area contributed by atoms with E-state index in [1.54, 1.807) is 19.1 Å². The van der Waals surface area contributed by atoms with E-state index >= 15 is 0 Å². The van der Waals surface area contributed by atoms with E-state index in [2.05, 4.69) is 36.6 Å². The Morgan fingerprint density at radius 3 is 2.11 bits per heavy atom. The lowest BCUT2D eigenvalue weighted by molar-refractivity contribution is -0.115. The minimum Gasteiger partial charge on any atom is -0.326 e. The number of carbonyl (C=O) groups is 2.